The fraction of sp³-hybridized carbons (Fsp3) is 0.467. The maximum atomic E-state index is 5.42. The Balaban J connectivity index is 1.55. The van der Waals surface area contributed by atoms with Gasteiger partial charge >= 0.3 is 0 Å². The molecule has 1 aromatic carbocycles. The summed E-state index contributed by atoms with van der Waals surface area (Å²) in [6.07, 6.45) is 3.49. The summed E-state index contributed by atoms with van der Waals surface area (Å²) >= 11 is 0. The van der Waals surface area contributed by atoms with Crippen molar-refractivity contribution < 1.29 is 9.26 Å². The van der Waals surface area contributed by atoms with Gasteiger partial charge in [0.15, 0.2) is 5.82 Å². The van der Waals surface area contributed by atoms with Crippen LogP contribution >= 0.6 is 0 Å². The second kappa shape index (κ2) is 4.08. The van der Waals surface area contributed by atoms with E-state index in [1.54, 1.807) is 7.11 Å². The van der Waals surface area contributed by atoms with E-state index in [1.807, 2.05) is 12.1 Å². The zero-order chi connectivity index (χ0) is 12.8. The molecule has 2 aromatic rings. The molecule has 0 N–H and O–H groups in total. The summed E-state index contributed by atoms with van der Waals surface area (Å²) < 4.78 is 10.8. The zero-order valence-electron chi connectivity index (χ0n) is 10.9. The minimum Gasteiger partial charge on any atom is -0.496 e. The van der Waals surface area contributed by atoms with Crippen molar-refractivity contribution in [2.75, 3.05) is 7.11 Å². The van der Waals surface area contributed by atoms with Gasteiger partial charge in [0.2, 0.25) is 5.89 Å². The number of rotatable bonds is 4. The first kappa shape index (κ1) is 11.0. The topological polar surface area (TPSA) is 48.2 Å². The Kier molecular flexibility index (Phi) is 2.37. The molecule has 2 atom stereocenters. The van der Waals surface area contributed by atoms with Gasteiger partial charge in [0, 0.05) is 11.8 Å². The molecule has 0 amide bonds. The van der Waals surface area contributed by atoms with Crippen molar-refractivity contribution >= 4 is 0 Å². The van der Waals surface area contributed by atoms with E-state index < -0.39 is 0 Å². The second-order valence-corrected chi connectivity index (χ2v) is 5.46. The molecular weight excluding hydrogens is 240 g/mol. The smallest absolute Gasteiger partial charge is 0.230 e. The average Bonchev–Trinajstić information content (AvgIpc) is 3.38. The van der Waals surface area contributed by atoms with Crippen molar-refractivity contribution in [3.8, 4) is 5.75 Å². The Hall–Kier alpha value is -1.84. The lowest BCUT2D eigenvalue weighted by atomic mass is 10.1. The summed E-state index contributed by atoms with van der Waals surface area (Å²) in [5, 5.41) is 4.09. The third-order valence-corrected chi connectivity index (χ3v) is 4.05. The minimum atomic E-state index is 0.372. The first-order chi connectivity index (χ1) is 9.36. The maximum Gasteiger partial charge on any atom is 0.230 e. The number of benzene rings is 1. The summed E-state index contributed by atoms with van der Waals surface area (Å²) in [4.78, 5) is 4.55. The predicted octanol–water partition coefficient (Wildman–Crippen LogP) is 3.23. The van der Waals surface area contributed by atoms with E-state index in [9.17, 15) is 0 Å². The number of hydrogen-bond acceptors (Lipinski definition) is 4. The highest BCUT2D eigenvalue weighted by Gasteiger charge is 2.45. The minimum absolute atomic E-state index is 0.372. The number of nitrogens with zero attached hydrogens (tertiary/aromatic N) is 2. The number of para-hydroxylation sites is 1. The van der Waals surface area contributed by atoms with E-state index in [0.717, 1.165) is 23.9 Å². The van der Waals surface area contributed by atoms with Gasteiger partial charge < -0.3 is 9.26 Å². The molecule has 0 spiro atoms. The van der Waals surface area contributed by atoms with Crippen molar-refractivity contribution in [3.05, 3.63) is 41.5 Å². The van der Waals surface area contributed by atoms with E-state index in [0.29, 0.717) is 17.8 Å². The number of hydrogen-bond donors (Lipinski definition) is 0. The fourth-order valence-corrected chi connectivity index (χ4v) is 2.69. The van der Waals surface area contributed by atoms with Crippen LogP contribution < -0.4 is 4.74 Å². The van der Waals surface area contributed by atoms with Gasteiger partial charge in [-0.25, -0.2) is 0 Å². The third kappa shape index (κ3) is 1.91. The first-order valence-electron chi connectivity index (χ1n) is 6.83. The highest BCUT2D eigenvalue weighted by atomic mass is 16.5. The van der Waals surface area contributed by atoms with Gasteiger partial charge in [-0.3, -0.25) is 0 Å². The molecule has 0 aliphatic heterocycles. The molecule has 2 fully saturated rings. The van der Waals surface area contributed by atoms with Crippen molar-refractivity contribution in [3.63, 3.8) is 0 Å². The molecule has 19 heavy (non-hydrogen) atoms. The highest BCUT2D eigenvalue weighted by molar-refractivity contribution is 5.41. The zero-order valence-corrected chi connectivity index (χ0v) is 10.9. The third-order valence-electron chi connectivity index (χ3n) is 4.05. The number of aromatic nitrogens is 2. The van der Waals surface area contributed by atoms with Crippen LogP contribution in [-0.4, -0.2) is 17.3 Å². The largest absolute Gasteiger partial charge is 0.496 e. The van der Waals surface area contributed by atoms with Gasteiger partial charge in [-0.2, -0.15) is 4.98 Å². The normalized spacial score (nSPS) is 25.3. The van der Waals surface area contributed by atoms with E-state index in [-0.39, 0.29) is 0 Å². The van der Waals surface area contributed by atoms with Crippen LogP contribution in [0.5, 0.6) is 5.75 Å². The molecule has 1 aromatic heterocycles. The molecule has 0 saturated heterocycles. The van der Waals surface area contributed by atoms with E-state index in [4.69, 9.17) is 9.26 Å². The Morgan fingerprint density at radius 1 is 1.21 bits per heavy atom. The monoisotopic (exact) mass is 256 g/mol. The predicted molar refractivity (Wildman–Crippen MR) is 69.4 cm³/mol. The van der Waals surface area contributed by atoms with Crippen molar-refractivity contribution in [2.45, 2.75) is 37.0 Å². The van der Waals surface area contributed by atoms with Crippen LogP contribution in [0, 0.1) is 0 Å². The van der Waals surface area contributed by atoms with E-state index >= 15 is 0 Å². The van der Waals surface area contributed by atoms with Gasteiger partial charge in [-0.15, -0.1) is 0 Å². The number of methoxy groups -OCH3 is 1. The van der Waals surface area contributed by atoms with E-state index in [2.05, 4.69) is 22.3 Å². The summed E-state index contributed by atoms with van der Waals surface area (Å²) in [5.74, 6) is 4.05. The Morgan fingerprint density at radius 3 is 2.84 bits per heavy atom. The Labute approximate surface area is 111 Å². The van der Waals surface area contributed by atoms with Gasteiger partial charge in [-0.1, -0.05) is 23.4 Å². The number of ether oxygens (including phenoxy) is 1. The SMILES string of the molecule is COc1ccccc1[C@H]1C[C@@H]1c1nc(C2CC2)no1. The lowest BCUT2D eigenvalue weighted by molar-refractivity contribution is 0.372. The van der Waals surface area contributed by atoms with Crippen LogP contribution in [0.2, 0.25) is 0 Å². The van der Waals surface area contributed by atoms with Crippen molar-refractivity contribution in [1.29, 1.82) is 0 Å². The molecule has 2 aliphatic carbocycles. The molecule has 2 saturated carbocycles. The molecule has 4 heteroatoms. The van der Waals surface area contributed by atoms with Gasteiger partial charge in [0.25, 0.3) is 0 Å². The summed E-state index contributed by atoms with van der Waals surface area (Å²) in [7, 11) is 1.72. The molecule has 98 valence electrons. The van der Waals surface area contributed by atoms with Crippen LogP contribution in [-0.2, 0) is 0 Å². The fourth-order valence-electron chi connectivity index (χ4n) is 2.69. The van der Waals surface area contributed by atoms with E-state index in [1.165, 1.54) is 18.4 Å². The van der Waals surface area contributed by atoms with Crippen molar-refractivity contribution in [1.82, 2.24) is 10.1 Å². The first-order valence-corrected chi connectivity index (χ1v) is 6.83. The lowest BCUT2D eigenvalue weighted by Gasteiger charge is -2.06. The summed E-state index contributed by atoms with van der Waals surface area (Å²) in [5.41, 5.74) is 1.25. The van der Waals surface area contributed by atoms with Crippen LogP contribution in [0.25, 0.3) is 0 Å². The lowest BCUT2D eigenvalue weighted by Crippen LogP contribution is -1.91. The molecule has 4 nitrogen and oxygen atoms in total. The van der Waals surface area contributed by atoms with Gasteiger partial charge in [0.05, 0.1) is 7.11 Å². The second-order valence-electron chi connectivity index (χ2n) is 5.46. The Bertz CT molecular complexity index is 604. The molecule has 0 bridgehead atoms. The summed E-state index contributed by atoms with van der Waals surface area (Å²) in [6.45, 7) is 0. The van der Waals surface area contributed by atoms with Crippen LogP contribution in [0.4, 0.5) is 0 Å². The van der Waals surface area contributed by atoms with Gasteiger partial charge in [-0.05, 0) is 36.8 Å². The molecule has 2 aliphatic rings. The van der Waals surface area contributed by atoms with Crippen LogP contribution in [0.1, 0.15) is 54.3 Å². The molecular formula is C15H16N2O2. The maximum absolute atomic E-state index is 5.42. The van der Waals surface area contributed by atoms with Crippen LogP contribution in [0.15, 0.2) is 28.8 Å². The summed E-state index contributed by atoms with van der Waals surface area (Å²) in [6, 6.07) is 8.18. The molecule has 0 unspecified atom stereocenters. The van der Waals surface area contributed by atoms with Crippen LogP contribution in [0.3, 0.4) is 0 Å². The Morgan fingerprint density at radius 2 is 2.05 bits per heavy atom. The average molecular weight is 256 g/mol. The molecule has 4 rings (SSSR count). The van der Waals surface area contributed by atoms with Gasteiger partial charge in [0.1, 0.15) is 5.75 Å². The standard InChI is InChI=1S/C15H16N2O2/c1-18-13-5-3-2-4-10(13)11-8-12(11)15-16-14(17-19-15)9-6-7-9/h2-5,9,11-12H,6-8H2,1H3/t11-,12+/m1/s1. The highest BCUT2D eigenvalue weighted by Crippen LogP contribution is 2.56. The molecule has 0 radical (unpaired) electrons. The molecule has 1 heterocycles. The quantitative estimate of drug-likeness (QED) is 0.842. The van der Waals surface area contributed by atoms with Crippen molar-refractivity contribution in [2.24, 2.45) is 0 Å².